The van der Waals surface area contributed by atoms with Crippen LogP contribution >= 0.6 is 22.6 Å². The normalized spacial score (nSPS) is 10.7. The monoisotopic (exact) mass is 329 g/mol. The Morgan fingerprint density at radius 1 is 1.67 bits per heavy atom. The highest BCUT2D eigenvalue weighted by atomic mass is 127. The van der Waals surface area contributed by atoms with Crippen LogP contribution in [0.5, 0.6) is 0 Å². The number of alkyl halides is 2. The summed E-state index contributed by atoms with van der Waals surface area (Å²) < 4.78 is 25.3. The van der Waals surface area contributed by atoms with E-state index in [9.17, 15) is 18.9 Å². The topological polar surface area (TPSA) is 82.0 Å². The maximum absolute atomic E-state index is 12.4. The molecule has 0 atom stereocenters. The minimum atomic E-state index is -2.98. The minimum absolute atomic E-state index is 0.0318. The number of pyridine rings is 1. The summed E-state index contributed by atoms with van der Waals surface area (Å²) in [6.45, 7) is -0.0318. The molecule has 0 radical (unpaired) electrons. The first-order chi connectivity index (χ1) is 6.97. The number of hydrogen-bond acceptors (Lipinski definition) is 4. The number of nitrogens with two attached hydrogens (primary N) is 1. The third kappa shape index (κ3) is 2.56. The van der Waals surface area contributed by atoms with Gasteiger partial charge in [-0.05, 0) is 22.6 Å². The van der Waals surface area contributed by atoms with Crippen LogP contribution in [0.1, 0.15) is 17.8 Å². The lowest BCUT2D eigenvalue weighted by Gasteiger charge is -2.05. The fourth-order valence-electron chi connectivity index (χ4n) is 0.983. The van der Waals surface area contributed by atoms with Crippen molar-refractivity contribution in [3.63, 3.8) is 0 Å². The third-order valence-electron chi connectivity index (χ3n) is 1.65. The predicted octanol–water partition coefficient (Wildman–Crippen LogP) is 1.99. The largest absolute Gasteiger partial charge is 0.325 e. The van der Waals surface area contributed by atoms with Crippen LogP contribution in [-0.4, -0.2) is 9.91 Å². The van der Waals surface area contributed by atoms with Crippen LogP contribution in [-0.2, 0) is 6.54 Å². The molecule has 82 valence electrons. The highest BCUT2D eigenvalue weighted by Gasteiger charge is 2.25. The number of hydrogen-bond donors (Lipinski definition) is 1. The van der Waals surface area contributed by atoms with Crippen molar-refractivity contribution in [2.45, 2.75) is 13.0 Å². The van der Waals surface area contributed by atoms with Crippen molar-refractivity contribution in [2.24, 2.45) is 5.73 Å². The molecule has 0 unspecified atom stereocenters. The summed E-state index contributed by atoms with van der Waals surface area (Å²) in [4.78, 5) is 13.1. The highest BCUT2D eigenvalue weighted by Crippen LogP contribution is 2.29. The van der Waals surface area contributed by atoms with Crippen molar-refractivity contribution in [3.8, 4) is 0 Å². The quantitative estimate of drug-likeness (QED) is 0.522. The second kappa shape index (κ2) is 4.75. The molecule has 2 N–H and O–H groups in total. The Bertz CT molecular complexity index is 400. The van der Waals surface area contributed by atoms with Gasteiger partial charge < -0.3 is 5.73 Å². The van der Waals surface area contributed by atoms with Crippen LogP contribution < -0.4 is 5.73 Å². The molecule has 0 aromatic carbocycles. The lowest BCUT2D eigenvalue weighted by Crippen LogP contribution is -2.08. The molecule has 0 aliphatic heterocycles. The fourth-order valence-corrected chi connectivity index (χ4v) is 1.62. The first-order valence-corrected chi connectivity index (χ1v) is 4.87. The van der Waals surface area contributed by atoms with Crippen LogP contribution in [0, 0.1) is 13.7 Å². The Hall–Kier alpha value is -0.900. The zero-order chi connectivity index (χ0) is 11.6. The Morgan fingerprint density at radius 2 is 2.27 bits per heavy atom. The highest BCUT2D eigenvalue weighted by molar-refractivity contribution is 14.1. The molecule has 8 heteroatoms. The van der Waals surface area contributed by atoms with Crippen LogP contribution in [0.4, 0.5) is 14.5 Å². The molecule has 0 aliphatic rings. The molecule has 0 aliphatic carbocycles. The summed E-state index contributed by atoms with van der Waals surface area (Å²) in [7, 11) is 0. The molecule has 0 amide bonds. The lowest BCUT2D eigenvalue weighted by atomic mass is 10.2. The van der Waals surface area contributed by atoms with Crippen molar-refractivity contribution in [2.75, 3.05) is 0 Å². The van der Waals surface area contributed by atoms with Crippen LogP contribution in [0.15, 0.2) is 6.07 Å². The molecule has 1 rings (SSSR count). The van der Waals surface area contributed by atoms with E-state index in [2.05, 4.69) is 4.98 Å². The smallest absolute Gasteiger partial charge is 0.297 e. The molecule has 0 fully saturated rings. The second-order valence-corrected chi connectivity index (χ2v) is 3.75. The van der Waals surface area contributed by atoms with Gasteiger partial charge in [0, 0.05) is 16.2 Å². The molecule has 5 nitrogen and oxygen atoms in total. The average molecular weight is 329 g/mol. The molecular formula is C7H6F2IN3O2. The second-order valence-electron chi connectivity index (χ2n) is 2.58. The SMILES string of the molecule is NCc1nc(C(F)F)c([N+](=O)[O-])cc1I. The zero-order valence-corrected chi connectivity index (χ0v) is 9.44. The Labute approximate surface area is 97.0 Å². The molecule has 0 spiro atoms. The number of nitro groups is 1. The van der Waals surface area contributed by atoms with Gasteiger partial charge in [-0.1, -0.05) is 0 Å². The average Bonchev–Trinajstić information content (AvgIpc) is 2.16. The van der Waals surface area contributed by atoms with Gasteiger partial charge in [-0.2, -0.15) is 0 Å². The molecule has 0 saturated carbocycles. The van der Waals surface area contributed by atoms with Crippen molar-refractivity contribution < 1.29 is 13.7 Å². The number of halogens is 3. The summed E-state index contributed by atoms with van der Waals surface area (Å²) in [5, 5.41) is 10.5. The van der Waals surface area contributed by atoms with Crippen molar-refractivity contribution in [3.05, 3.63) is 31.1 Å². The van der Waals surface area contributed by atoms with Gasteiger partial charge in [-0.25, -0.2) is 13.8 Å². The first kappa shape index (κ1) is 12.2. The molecule has 15 heavy (non-hydrogen) atoms. The predicted molar refractivity (Wildman–Crippen MR) is 56.5 cm³/mol. The number of aromatic nitrogens is 1. The zero-order valence-electron chi connectivity index (χ0n) is 7.28. The van der Waals surface area contributed by atoms with E-state index >= 15 is 0 Å². The summed E-state index contributed by atoms with van der Waals surface area (Å²) in [6.07, 6.45) is -2.98. The van der Waals surface area contributed by atoms with Crippen molar-refractivity contribution in [1.29, 1.82) is 0 Å². The van der Waals surface area contributed by atoms with Crippen molar-refractivity contribution in [1.82, 2.24) is 4.98 Å². The van der Waals surface area contributed by atoms with Gasteiger partial charge in [0.05, 0.1) is 10.6 Å². The Kier molecular flexibility index (Phi) is 3.85. The van der Waals surface area contributed by atoms with E-state index in [0.717, 1.165) is 6.07 Å². The van der Waals surface area contributed by atoms with E-state index < -0.39 is 22.7 Å². The third-order valence-corrected chi connectivity index (χ3v) is 2.59. The molecular weight excluding hydrogens is 323 g/mol. The molecule has 0 bridgehead atoms. The van der Waals surface area contributed by atoms with E-state index in [1.54, 1.807) is 22.6 Å². The summed E-state index contributed by atoms with van der Waals surface area (Å²) >= 11 is 1.77. The van der Waals surface area contributed by atoms with Crippen LogP contribution in [0.25, 0.3) is 0 Å². The fraction of sp³-hybridized carbons (Fsp3) is 0.286. The van der Waals surface area contributed by atoms with Crippen LogP contribution in [0.3, 0.4) is 0 Å². The van der Waals surface area contributed by atoms with Gasteiger partial charge in [0.1, 0.15) is 0 Å². The molecule has 1 aromatic rings. The van der Waals surface area contributed by atoms with Gasteiger partial charge in [0.2, 0.25) is 0 Å². The Balaban J connectivity index is 3.38. The van der Waals surface area contributed by atoms with Gasteiger partial charge in [0.15, 0.2) is 5.69 Å². The molecule has 0 saturated heterocycles. The first-order valence-electron chi connectivity index (χ1n) is 3.79. The van der Waals surface area contributed by atoms with Gasteiger partial charge in [-0.3, -0.25) is 10.1 Å². The Morgan fingerprint density at radius 3 is 2.67 bits per heavy atom. The van der Waals surface area contributed by atoms with E-state index in [0.29, 0.717) is 3.57 Å². The van der Waals surface area contributed by atoms with E-state index in [-0.39, 0.29) is 12.2 Å². The van der Waals surface area contributed by atoms with Gasteiger partial charge in [0.25, 0.3) is 12.1 Å². The number of rotatable bonds is 3. The standard InChI is InChI=1S/C7H6F2IN3O2/c8-7(9)6-5(13(14)15)1-3(10)4(2-11)12-6/h1,7H,2,11H2. The van der Waals surface area contributed by atoms with Gasteiger partial charge >= 0.3 is 0 Å². The van der Waals surface area contributed by atoms with E-state index in [4.69, 9.17) is 5.73 Å². The maximum Gasteiger partial charge on any atom is 0.297 e. The maximum atomic E-state index is 12.4. The molecule has 1 aromatic heterocycles. The number of nitrogens with zero attached hydrogens (tertiary/aromatic N) is 2. The van der Waals surface area contributed by atoms with E-state index in [1.165, 1.54) is 0 Å². The van der Waals surface area contributed by atoms with Crippen LogP contribution in [0.2, 0.25) is 0 Å². The lowest BCUT2D eigenvalue weighted by molar-refractivity contribution is -0.386. The van der Waals surface area contributed by atoms with Crippen molar-refractivity contribution >= 4 is 28.3 Å². The summed E-state index contributed by atoms with van der Waals surface area (Å²) in [6, 6.07) is 1.05. The molecule has 1 heterocycles. The van der Waals surface area contributed by atoms with Gasteiger partial charge in [-0.15, -0.1) is 0 Å². The minimum Gasteiger partial charge on any atom is -0.325 e. The van der Waals surface area contributed by atoms with E-state index in [1.807, 2.05) is 0 Å². The summed E-state index contributed by atoms with van der Waals surface area (Å²) in [5.41, 5.74) is 3.99. The summed E-state index contributed by atoms with van der Waals surface area (Å²) in [5.74, 6) is 0.